The van der Waals surface area contributed by atoms with E-state index in [1.165, 1.54) is 18.4 Å². The molecule has 1 amide bonds. The van der Waals surface area contributed by atoms with E-state index < -0.39 is 5.60 Å². The molecule has 2 aliphatic rings. The first-order valence-corrected chi connectivity index (χ1v) is 11.7. The minimum atomic E-state index is -0.530. The minimum absolute atomic E-state index is 0.176. The number of carbonyl (C=O) groups excluding carboxylic acids is 1. The molecule has 0 radical (unpaired) electrons. The maximum atomic E-state index is 13.3. The van der Waals surface area contributed by atoms with Gasteiger partial charge in [-0.2, -0.15) is 0 Å². The van der Waals surface area contributed by atoms with Gasteiger partial charge in [0.1, 0.15) is 11.4 Å². The summed E-state index contributed by atoms with van der Waals surface area (Å²) in [4.78, 5) is 22.4. The van der Waals surface area contributed by atoms with Gasteiger partial charge in [0.15, 0.2) is 0 Å². The van der Waals surface area contributed by atoms with Gasteiger partial charge >= 0.3 is 6.09 Å². The Labute approximate surface area is 186 Å². The number of likely N-dealkylation sites (tertiary alicyclic amines) is 1. The van der Waals surface area contributed by atoms with Crippen molar-refractivity contribution in [2.24, 2.45) is 0 Å². The third-order valence-corrected chi connectivity index (χ3v) is 6.28. The number of amides is 1. The van der Waals surface area contributed by atoms with Crippen LogP contribution in [0.4, 0.5) is 10.6 Å². The van der Waals surface area contributed by atoms with Crippen molar-refractivity contribution in [3.8, 4) is 0 Å². The van der Waals surface area contributed by atoms with E-state index in [0.717, 1.165) is 50.2 Å². The molecule has 1 atom stereocenters. The van der Waals surface area contributed by atoms with Crippen molar-refractivity contribution in [3.05, 3.63) is 59.8 Å². The lowest BCUT2D eigenvalue weighted by molar-refractivity contribution is 0.0546. The Morgan fingerprint density at radius 1 is 1.06 bits per heavy atom. The van der Waals surface area contributed by atoms with Crippen LogP contribution in [0.3, 0.4) is 0 Å². The number of pyridine rings is 1. The number of benzene rings is 1. The topological polar surface area (TPSA) is 45.7 Å². The molecule has 1 aliphatic carbocycles. The monoisotopic (exact) mass is 421 g/mol. The van der Waals surface area contributed by atoms with Gasteiger partial charge in [0.25, 0.3) is 0 Å². The molecule has 0 bridgehead atoms. The third kappa shape index (κ3) is 5.27. The van der Waals surface area contributed by atoms with E-state index in [4.69, 9.17) is 9.72 Å². The smallest absolute Gasteiger partial charge is 0.416 e. The molecule has 5 heteroatoms. The second-order valence-corrected chi connectivity index (χ2v) is 9.82. The normalized spacial score (nSPS) is 20.2. The van der Waals surface area contributed by atoms with Crippen LogP contribution in [0.15, 0.2) is 48.7 Å². The minimum Gasteiger partial charge on any atom is -0.443 e. The first-order valence-electron chi connectivity index (χ1n) is 11.7. The molecule has 2 heterocycles. The molecule has 1 aromatic heterocycles. The Kier molecular flexibility index (Phi) is 6.61. The second kappa shape index (κ2) is 9.39. The van der Waals surface area contributed by atoms with Gasteiger partial charge in [0.2, 0.25) is 0 Å². The van der Waals surface area contributed by atoms with E-state index in [1.807, 2.05) is 31.7 Å². The number of nitrogens with zero attached hydrogens (tertiary/aromatic N) is 3. The van der Waals surface area contributed by atoms with E-state index in [9.17, 15) is 4.79 Å². The second-order valence-electron chi connectivity index (χ2n) is 9.82. The molecule has 2 fully saturated rings. The van der Waals surface area contributed by atoms with Gasteiger partial charge in [0.05, 0.1) is 0 Å². The van der Waals surface area contributed by atoms with Crippen molar-refractivity contribution in [1.82, 2.24) is 9.88 Å². The first kappa shape index (κ1) is 21.8. The number of piperidine rings is 1. The van der Waals surface area contributed by atoms with Gasteiger partial charge in [-0.15, -0.1) is 0 Å². The van der Waals surface area contributed by atoms with Gasteiger partial charge in [-0.25, -0.2) is 9.78 Å². The Hall–Kier alpha value is -2.40. The Bertz CT molecular complexity index is 874. The molecule has 2 aromatic rings. The fourth-order valence-corrected chi connectivity index (χ4v) is 4.59. The fourth-order valence-electron chi connectivity index (χ4n) is 4.59. The number of hydrogen-bond donors (Lipinski definition) is 0. The molecule has 1 saturated carbocycles. The van der Waals surface area contributed by atoms with Crippen molar-refractivity contribution < 1.29 is 9.53 Å². The van der Waals surface area contributed by atoms with E-state index in [-0.39, 0.29) is 18.2 Å². The van der Waals surface area contributed by atoms with Crippen molar-refractivity contribution >= 4 is 11.9 Å². The molecule has 4 rings (SSSR count). The van der Waals surface area contributed by atoms with Crippen LogP contribution in [0.1, 0.15) is 76.5 Å². The molecule has 1 saturated heterocycles. The number of anilines is 1. The summed E-state index contributed by atoms with van der Waals surface area (Å²) in [6, 6.07) is 15.2. The largest absolute Gasteiger partial charge is 0.443 e. The molecule has 0 N–H and O–H groups in total. The number of aromatic nitrogens is 1. The summed E-state index contributed by atoms with van der Waals surface area (Å²) in [5.41, 5.74) is 1.94. The number of hydrogen-bond acceptors (Lipinski definition) is 4. The standard InChI is InChI=1S/C26H35N3O2/c1-26(2,3)31-25(30)29(21-13-9-14-21)24-22(15-10-17-27-24)23-16-7-8-18-28(23)19-20-11-5-4-6-12-20/h4-6,10-12,15,17,21,23H,7-9,13-14,16,18-19H2,1-3H3/t23-/m1/s1. The molecule has 0 spiro atoms. The lowest BCUT2D eigenvalue weighted by atomic mass is 9.90. The average molecular weight is 422 g/mol. The summed E-state index contributed by atoms with van der Waals surface area (Å²) < 4.78 is 5.81. The van der Waals surface area contributed by atoms with Crippen molar-refractivity contribution in [2.75, 3.05) is 11.4 Å². The number of ether oxygens (including phenoxy) is 1. The van der Waals surface area contributed by atoms with Crippen molar-refractivity contribution in [2.45, 2.75) is 83.5 Å². The summed E-state index contributed by atoms with van der Waals surface area (Å²) in [5, 5.41) is 0. The molecule has 1 aromatic carbocycles. The van der Waals surface area contributed by atoms with Gasteiger partial charge in [0, 0.05) is 30.4 Å². The number of carbonyl (C=O) groups is 1. The van der Waals surface area contributed by atoms with E-state index in [2.05, 4.69) is 41.3 Å². The van der Waals surface area contributed by atoms with Crippen LogP contribution in [0.5, 0.6) is 0 Å². The summed E-state index contributed by atoms with van der Waals surface area (Å²) in [5.74, 6) is 0.784. The van der Waals surface area contributed by atoms with Crippen LogP contribution in [0, 0.1) is 0 Å². The summed E-state index contributed by atoms with van der Waals surface area (Å²) >= 11 is 0. The van der Waals surface area contributed by atoms with Crippen LogP contribution < -0.4 is 4.90 Å². The highest BCUT2D eigenvalue weighted by molar-refractivity contribution is 5.88. The zero-order valence-electron chi connectivity index (χ0n) is 19.1. The lowest BCUT2D eigenvalue weighted by Gasteiger charge is -2.41. The summed E-state index contributed by atoms with van der Waals surface area (Å²) in [6.45, 7) is 7.74. The van der Waals surface area contributed by atoms with E-state index in [0.29, 0.717) is 0 Å². The maximum absolute atomic E-state index is 13.3. The molecule has 166 valence electrons. The Morgan fingerprint density at radius 3 is 2.52 bits per heavy atom. The summed E-state index contributed by atoms with van der Waals surface area (Å²) in [7, 11) is 0. The molecule has 5 nitrogen and oxygen atoms in total. The highest BCUT2D eigenvalue weighted by Gasteiger charge is 2.37. The van der Waals surface area contributed by atoms with Crippen LogP contribution in [-0.2, 0) is 11.3 Å². The molecule has 31 heavy (non-hydrogen) atoms. The molecular weight excluding hydrogens is 386 g/mol. The van der Waals surface area contributed by atoms with Crippen LogP contribution >= 0.6 is 0 Å². The summed E-state index contributed by atoms with van der Waals surface area (Å²) in [6.07, 6.45) is 8.18. The molecular formula is C26H35N3O2. The highest BCUT2D eigenvalue weighted by atomic mass is 16.6. The quantitative estimate of drug-likeness (QED) is 0.585. The molecule has 0 unspecified atom stereocenters. The SMILES string of the molecule is CC(C)(C)OC(=O)N(c1ncccc1[C@H]1CCCCN1Cc1ccccc1)C1CCC1. The Morgan fingerprint density at radius 2 is 1.84 bits per heavy atom. The zero-order valence-corrected chi connectivity index (χ0v) is 19.1. The zero-order chi connectivity index (χ0) is 21.8. The van der Waals surface area contributed by atoms with Crippen LogP contribution in [-0.4, -0.2) is 34.2 Å². The first-order chi connectivity index (χ1) is 14.9. The van der Waals surface area contributed by atoms with Crippen molar-refractivity contribution in [3.63, 3.8) is 0 Å². The van der Waals surface area contributed by atoms with Gasteiger partial charge in [-0.05, 0) is 71.0 Å². The van der Waals surface area contributed by atoms with Gasteiger partial charge < -0.3 is 4.74 Å². The highest BCUT2D eigenvalue weighted by Crippen LogP contribution is 2.39. The van der Waals surface area contributed by atoms with Gasteiger partial charge in [-0.1, -0.05) is 42.8 Å². The van der Waals surface area contributed by atoms with Crippen LogP contribution in [0.25, 0.3) is 0 Å². The van der Waals surface area contributed by atoms with Gasteiger partial charge in [-0.3, -0.25) is 9.80 Å². The predicted molar refractivity (Wildman–Crippen MR) is 124 cm³/mol. The molecule has 1 aliphatic heterocycles. The van der Waals surface area contributed by atoms with Crippen LogP contribution in [0.2, 0.25) is 0 Å². The van der Waals surface area contributed by atoms with Crippen molar-refractivity contribution in [1.29, 1.82) is 0 Å². The fraction of sp³-hybridized carbons (Fsp3) is 0.538. The maximum Gasteiger partial charge on any atom is 0.416 e. The van der Waals surface area contributed by atoms with E-state index in [1.54, 1.807) is 6.20 Å². The number of rotatable bonds is 5. The predicted octanol–water partition coefficient (Wildman–Crippen LogP) is 6.10. The third-order valence-electron chi connectivity index (χ3n) is 6.28. The lowest BCUT2D eigenvalue weighted by Crippen LogP contribution is -2.48. The Balaban J connectivity index is 1.66. The average Bonchev–Trinajstić information content (AvgIpc) is 2.70. The van der Waals surface area contributed by atoms with E-state index >= 15 is 0 Å².